The zero-order valence-electron chi connectivity index (χ0n) is 7.49. The van der Waals surface area contributed by atoms with Gasteiger partial charge in [-0.2, -0.15) is 0 Å². The van der Waals surface area contributed by atoms with Gasteiger partial charge in [0.25, 0.3) is 0 Å². The summed E-state index contributed by atoms with van der Waals surface area (Å²) in [6, 6.07) is 1.76. The van der Waals surface area contributed by atoms with E-state index >= 15 is 0 Å². The van der Waals surface area contributed by atoms with Crippen molar-refractivity contribution in [2.45, 2.75) is 12.8 Å². The SMILES string of the molecule is COc1ccncc1CCC(N)=O. The number of hydrogen-bond acceptors (Lipinski definition) is 3. The van der Waals surface area contributed by atoms with Crippen molar-refractivity contribution in [1.82, 2.24) is 4.98 Å². The van der Waals surface area contributed by atoms with Crippen LogP contribution in [0.3, 0.4) is 0 Å². The second-order valence-corrected chi connectivity index (χ2v) is 2.65. The molecule has 4 nitrogen and oxygen atoms in total. The molecule has 0 aliphatic heterocycles. The number of carbonyl (C=O) groups is 1. The highest BCUT2D eigenvalue weighted by atomic mass is 16.5. The Balaban J connectivity index is 2.69. The van der Waals surface area contributed by atoms with Crippen LogP contribution in [0, 0.1) is 0 Å². The highest BCUT2D eigenvalue weighted by molar-refractivity contribution is 5.74. The quantitative estimate of drug-likeness (QED) is 0.734. The summed E-state index contributed by atoms with van der Waals surface area (Å²) in [5.41, 5.74) is 5.94. The number of ether oxygens (including phenoxy) is 1. The van der Waals surface area contributed by atoms with E-state index in [1.807, 2.05) is 0 Å². The Hall–Kier alpha value is -1.58. The maximum Gasteiger partial charge on any atom is 0.217 e. The molecule has 0 spiro atoms. The third-order valence-corrected chi connectivity index (χ3v) is 1.72. The van der Waals surface area contributed by atoms with Gasteiger partial charge in [-0.1, -0.05) is 0 Å². The summed E-state index contributed by atoms with van der Waals surface area (Å²) in [6.45, 7) is 0. The Morgan fingerprint density at radius 1 is 1.69 bits per heavy atom. The average molecular weight is 180 g/mol. The first kappa shape index (κ1) is 9.51. The van der Waals surface area contributed by atoms with E-state index in [4.69, 9.17) is 10.5 Å². The first-order valence-electron chi connectivity index (χ1n) is 3.99. The Morgan fingerprint density at radius 2 is 2.46 bits per heavy atom. The van der Waals surface area contributed by atoms with Crippen LogP contribution in [-0.2, 0) is 11.2 Å². The summed E-state index contributed by atoms with van der Waals surface area (Å²) in [4.78, 5) is 14.5. The number of rotatable bonds is 4. The Bertz CT molecular complexity index is 299. The second-order valence-electron chi connectivity index (χ2n) is 2.65. The molecule has 0 aliphatic carbocycles. The maximum atomic E-state index is 10.5. The standard InChI is InChI=1S/C9H12N2O2/c1-13-8-4-5-11-6-7(8)2-3-9(10)12/h4-6H,2-3H2,1H3,(H2,10,12). The molecule has 13 heavy (non-hydrogen) atoms. The minimum Gasteiger partial charge on any atom is -0.496 e. The van der Waals surface area contributed by atoms with Gasteiger partial charge in [0.2, 0.25) is 5.91 Å². The summed E-state index contributed by atoms with van der Waals surface area (Å²) < 4.78 is 5.09. The van der Waals surface area contributed by atoms with Crippen LogP contribution >= 0.6 is 0 Å². The van der Waals surface area contributed by atoms with E-state index in [-0.39, 0.29) is 5.91 Å². The molecule has 0 aliphatic rings. The number of methoxy groups -OCH3 is 1. The average Bonchev–Trinajstić information content (AvgIpc) is 2.15. The fraction of sp³-hybridized carbons (Fsp3) is 0.333. The predicted octanol–water partition coefficient (Wildman–Crippen LogP) is 0.508. The Kier molecular flexibility index (Phi) is 3.25. The number of aromatic nitrogens is 1. The van der Waals surface area contributed by atoms with Crippen molar-refractivity contribution in [1.29, 1.82) is 0 Å². The molecule has 0 atom stereocenters. The lowest BCUT2D eigenvalue weighted by Crippen LogP contribution is -2.11. The molecule has 1 aromatic heterocycles. The van der Waals surface area contributed by atoms with E-state index < -0.39 is 0 Å². The molecule has 0 fully saturated rings. The molecule has 1 amide bonds. The van der Waals surface area contributed by atoms with Gasteiger partial charge in [-0.3, -0.25) is 9.78 Å². The molecule has 0 radical (unpaired) electrons. The van der Waals surface area contributed by atoms with Crippen LogP contribution in [0.2, 0.25) is 0 Å². The molecule has 70 valence electrons. The van der Waals surface area contributed by atoms with Gasteiger partial charge < -0.3 is 10.5 Å². The van der Waals surface area contributed by atoms with Gasteiger partial charge in [-0.25, -0.2) is 0 Å². The molecule has 1 rings (SSSR count). The van der Waals surface area contributed by atoms with Gasteiger partial charge in [0.05, 0.1) is 7.11 Å². The normalized spacial score (nSPS) is 9.62. The smallest absolute Gasteiger partial charge is 0.217 e. The lowest BCUT2D eigenvalue weighted by Gasteiger charge is -2.05. The molecule has 4 heteroatoms. The van der Waals surface area contributed by atoms with Gasteiger partial charge in [-0.15, -0.1) is 0 Å². The molecule has 0 bridgehead atoms. The van der Waals surface area contributed by atoms with Crippen LogP contribution in [0.5, 0.6) is 5.75 Å². The Morgan fingerprint density at radius 3 is 3.08 bits per heavy atom. The minimum absolute atomic E-state index is 0.314. The predicted molar refractivity (Wildman–Crippen MR) is 48.3 cm³/mol. The van der Waals surface area contributed by atoms with Crippen molar-refractivity contribution >= 4 is 5.91 Å². The molecular formula is C9H12N2O2. The molecule has 0 saturated heterocycles. The van der Waals surface area contributed by atoms with E-state index in [1.165, 1.54) is 0 Å². The van der Waals surface area contributed by atoms with Gasteiger partial charge in [-0.05, 0) is 12.5 Å². The van der Waals surface area contributed by atoms with E-state index in [1.54, 1.807) is 25.6 Å². The molecule has 0 unspecified atom stereocenters. The fourth-order valence-electron chi connectivity index (χ4n) is 1.06. The summed E-state index contributed by atoms with van der Waals surface area (Å²) in [5.74, 6) is 0.433. The van der Waals surface area contributed by atoms with Crippen LogP contribution in [0.25, 0.3) is 0 Å². The van der Waals surface area contributed by atoms with Gasteiger partial charge >= 0.3 is 0 Å². The van der Waals surface area contributed by atoms with Gasteiger partial charge in [0.1, 0.15) is 5.75 Å². The van der Waals surface area contributed by atoms with E-state index in [0.717, 1.165) is 11.3 Å². The van der Waals surface area contributed by atoms with Crippen LogP contribution < -0.4 is 10.5 Å². The van der Waals surface area contributed by atoms with Crippen LogP contribution in [0.1, 0.15) is 12.0 Å². The summed E-state index contributed by atoms with van der Waals surface area (Å²) in [6.07, 6.45) is 4.22. The number of amides is 1. The third kappa shape index (κ3) is 2.74. The zero-order valence-corrected chi connectivity index (χ0v) is 7.49. The zero-order chi connectivity index (χ0) is 9.68. The highest BCUT2D eigenvalue weighted by Crippen LogP contribution is 2.16. The van der Waals surface area contributed by atoms with Crippen LogP contribution in [0.4, 0.5) is 0 Å². The number of primary amides is 1. The van der Waals surface area contributed by atoms with Crippen molar-refractivity contribution in [3.05, 3.63) is 24.0 Å². The monoisotopic (exact) mass is 180 g/mol. The first-order chi connectivity index (χ1) is 6.24. The number of aryl methyl sites for hydroxylation is 1. The van der Waals surface area contributed by atoms with Gasteiger partial charge in [0, 0.05) is 24.4 Å². The minimum atomic E-state index is -0.314. The fourth-order valence-corrected chi connectivity index (χ4v) is 1.06. The van der Waals surface area contributed by atoms with Crippen LogP contribution in [-0.4, -0.2) is 18.0 Å². The highest BCUT2D eigenvalue weighted by Gasteiger charge is 2.03. The maximum absolute atomic E-state index is 10.5. The van der Waals surface area contributed by atoms with Crippen molar-refractivity contribution in [3.63, 3.8) is 0 Å². The number of pyridine rings is 1. The van der Waals surface area contributed by atoms with Crippen molar-refractivity contribution in [2.75, 3.05) is 7.11 Å². The molecule has 0 aromatic carbocycles. The molecule has 2 N–H and O–H groups in total. The lowest BCUT2D eigenvalue weighted by atomic mass is 10.1. The van der Waals surface area contributed by atoms with E-state index in [9.17, 15) is 4.79 Å². The van der Waals surface area contributed by atoms with Crippen molar-refractivity contribution in [3.8, 4) is 5.75 Å². The summed E-state index contributed by atoms with van der Waals surface area (Å²) in [7, 11) is 1.59. The molecule has 1 aromatic rings. The third-order valence-electron chi connectivity index (χ3n) is 1.72. The number of carbonyl (C=O) groups excluding carboxylic acids is 1. The molecular weight excluding hydrogens is 168 g/mol. The van der Waals surface area contributed by atoms with E-state index in [2.05, 4.69) is 4.98 Å². The van der Waals surface area contributed by atoms with Crippen LogP contribution in [0.15, 0.2) is 18.5 Å². The largest absolute Gasteiger partial charge is 0.496 e. The molecule has 1 heterocycles. The number of nitrogens with zero attached hydrogens (tertiary/aromatic N) is 1. The Labute approximate surface area is 76.7 Å². The van der Waals surface area contributed by atoms with Gasteiger partial charge in [0.15, 0.2) is 0 Å². The van der Waals surface area contributed by atoms with Crippen molar-refractivity contribution in [2.24, 2.45) is 5.73 Å². The van der Waals surface area contributed by atoms with E-state index in [0.29, 0.717) is 12.8 Å². The number of nitrogens with two attached hydrogens (primary N) is 1. The summed E-state index contributed by atoms with van der Waals surface area (Å²) in [5, 5.41) is 0. The molecule has 0 saturated carbocycles. The van der Waals surface area contributed by atoms with Crippen molar-refractivity contribution < 1.29 is 9.53 Å². The lowest BCUT2D eigenvalue weighted by molar-refractivity contribution is -0.117. The second kappa shape index (κ2) is 4.45. The first-order valence-corrected chi connectivity index (χ1v) is 3.99. The summed E-state index contributed by atoms with van der Waals surface area (Å²) >= 11 is 0. The number of hydrogen-bond donors (Lipinski definition) is 1. The topological polar surface area (TPSA) is 65.2 Å².